The summed E-state index contributed by atoms with van der Waals surface area (Å²) < 4.78 is 23.2. The van der Waals surface area contributed by atoms with Crippen molar-refractivity contribution in [2.45, 2.75) is 39.2 Å². The Morgan fingerprint density at radius 1 is 1.19 bits per heavy atom. The van der Waals surface area contributed by atoms with Gasteiger partial charge in [0.25, 0.3) is 0 Å². The van der Waals surface area contributed by atoms with E-state index in [2.05, 4.69) is 0 Å². The molecular formula is C13H24N2O5S. The number of sulfone groups is 1. The minimum Gasteiger partial charge on any atom is -0.481 e. The van der Waals surface area contributed by atoms with Gasteiger partial charge in [0.2, 0.25) is 0 Å². The van der Waals surface area contributed by atoms with Gasteiger partial charge in [0, 0.05) is 25.2 Å². The number of carboxylic acids is 1. The molecule has 1 aliphatic heterocycles. The van der Waals surface area contributed by atoms with Gasteiger partial charge in [-0.25, -0.2) is 13.2 Å². The Hall–Kier alpha value is -1.31. The smallest absolute Gasteiger partial charge is 0.320 e. The second kappa shape index (κ2) is 6.64. The lowest BCUT2D eigenvalue weighted by Gasteiger charge is -2.38. The van der Waals surface area contributed by atoms with E-state index in [0.29, 0.717) is 13.0 Å². The highest BCUT2D eigenvalue weighted by molar-refractivity contribution is 7.91. The Morgan fingerprint density at radius 2 is 1.81 bits per heavy atom. The first-order chi connectivity index (χ1) is 9.53. The monoisotopic (exact) mass is 320 g/mol. The Balaban J connectivity index is 2.82. The maximum absolute atomic E-state index is 12.6. The SMILES string of the molecule is CC(C)(C)N(CCC(=O)O)C(=O)N1CCCS(=O)(=O)CC1. The van der Waals surface area contributed by atoms with Gasteiger partial charge in [-0.1, -0.05) is 0 Å². The van der Waals surface area contributed by atoms with Crippen molar-refractivity contribution in [3.8, 4) is 0 Å². The number of amides is 2. The van der Waals surface area contributed by atoms with Gasteiger partial charge in [0.1, 0.15) is 0 Å². The van der Waals surface area contributed by atoms with E-state index in [1.54, 1.807) is 0 Å². The Morgan fingerprint density at radius 3 is 2.33 bits per heavy atom. The molecule has 0 bridgehead atoms. The van der Waals surface area contributed by atoms with Crippen LogP contribution in [0.3, 0.4) is 0 Å². The Bertz CT molecular complexity index is 495. The fraction of sp³-hybridized carbons (Fsp3) is 0.846. The molecule has 0 aliphatic carbocycles. The highest BCUT2D eigenvalue weighted by Gasteiger charge is 2.32. The summed E-state index contributed by atoms with van der Waals surface area (Å²) in [6.07, 6.45) is 0.292. The molecular weight excluding hydrogens is 296 g/mol. The van der Waals surface area contributed by atoms with Crippen LogP contribution in [0.2, 0.25) is 0 Å². The normalized spacial score (nSPS) is 18.9. The molecule has 7 nitrogen and oxygen atoms in total. The van der Waals surface area contributed by atoms with Crippen molar-refractivity contribution in [1.29, 1.82) is 0 Å². The molecule has 0 aromatic carbocycles. The third kappa shape index (κ3) is 5.53. The van der Waals surface area contributed by atoms with Crippen LogP contribution < -0.4 is 0 Å². The first-order valence-electron chi connectivity index (χ1n) is 7.02. The molecule has 0 spiro atoms. The van der Waals surface area contributed by atoms with Crippen LogP contribution >= 0.6 is 0 Å². The predicted molar refractivity (Wildman–Crippen MR) is 79.0 cm³/mol. The maximum Gasteiger partial charge on any atom is 0.320 e. The molecule has 1 rings (SSSR count). The molecule has 1 heterocycles. The summed E-state index contributed by atoms with van der Waals surface area (Å²) in [5.74, 6) is -0.896. The van der Waals surface area contributed by atoms with E-state index >= 15 is 0 Å². The topological polar surface area (TPSA) is 95.0 Å². The standard InChI is InChI=1S/C13H24N2O5S/c1-13(2,3)15(7-5-11(16)17)12(18)14-6-4-9-21(19,20)10-8-14/h4-10H2,1-3H3,(H,16,17). The van der Waals surface area contributed by atoms with Crippen molar-refractivity contribution in [3.63, 3.8) is 0 Å². The number of carboxylic acid groups (broad SMARTS) is 1. The molecule has 2 amide bonds. The van der Waals surface area contributed by atoms with Crippen LogP contribution in [0, 0.1) is 0 Å². The lowest BCUT2D eigenvalue weighted by molar-refractivity contribution is -0.137. The van der Waals surface area contributed by atoms with Crippen molar-refractivity contribution >= 4 is 21.8 Å². The summed E-state index contributed by atoms with van der Waals surface area (Å²) in [5.41, 5.74) is -0.516. The molecule has 0 unspecified atom stereocenters. The zero-order valence-electron chi connectivity index (χ0n) is 12.8. The number of carbonyl (C=O) groups is 2. The largest absolute Gasteiger partial charge is 0.481 e. The molecule has 0 atom stereocenters. The molecule has 1 fully saturated rings. The fourth-order valence-corrected chi connectivity index (χ4v) is 3.50. The quantitative estimate of drug-likeness (QED) is 0.830. The van der Waals surface area contributed by atoms with Crippen LogP contribution in [0.5, 0.6) is 0 Å². The molecule has 0 saturated carbocycles. The molecule has 1 N–H and O–H groups in total. The summed E-state index contributed by atoms with van der Waals surface area (Å²) in [5, 5.41) is 8.80. The van der Waals surface area contributed by atoms with Crippen LogP contribution in [-0.4, -0.2) is 72.0 Å². The number of rotatable bonds is 3. The Labute approximate surface area is 125 Å². The molecule has 0 aromatic rings. The zero-order valence-corrected chi connectivity index (χ0v) is 13.6. The highest BCUT2D eigenvalue weighted by Crippen LogP contribution is 2.18. The van der Waals surface area contributed by atoms with Gasteiger partial charge >= 0.3 is 12.0 Å². The number of aliphatic carboxylic acids is 1. The van der Waals surface area contributed by atoms with Crippen molar-refractivity contribution in [1.82, 2.24) is 9.80 Å². The van der Waals surface area contributed by atoms with Crippen LogP contribution in [0.25, 0.3) is 0 Å². The van der Waals surface area contributed by atoms with E-state index in [9.17, 15) is 18.0 Å². The average molecular weight is 320 g/mol. The predicted octanol–water partition coefficient (Wildman–Crippen LogP) is 0.802. The lowest BCUT2D eigenvalue weighted by Crippen LogP contribution is -2.53. The van der Waals surface area contributed by atoms with Crippen molar-refractivity contribution in [3.05, 3.63) is 0 Å². The van der Waals surface area contributed by atoms with E-state index in [0.717, 1.165) is 0 Å². The molecule has 21 heavy (non-hydrogen) atoms. The summed E-state index contributed by atoms with van der Waals surface area (Å²) in [7, 11) is -3.08. The van der Waals surface area contributed by atoms with Gasteiger partial charge < -0.3 is 14.9 Å². The molecule has 0 radical (unpaired) electrons. The van der Waals surface area contributed by atoms with Gasteiger partial charge in [-0.3, -0.25) is 4.79 Å². The minimum absolute atomic E-state index is 0.0321. The average Bonchev–Trinajstić information content (AvgIpc) is 2.48. The summed E-state index contributed by atoms with van der Waals surface area (Å²) in [4.78, 5) is 26.3. The summed E-state index contributed by atoms with van der Waals surface area (Å²) >= 11 is 0. The van der Waals surface area contributed by atoms with Gasteiger partial charge in [0.05, 0.1) is 17.9 Å². The lowest BCUT2D eigenvalue weighted by atomic mass is 10.1. The van der Waals surface area contributed by atoms with Crippen LogP contribution in [0.1, 0.15) is 33.6 Å². The van der Waals surface area contributed by atoms with Crippen molar-refractivity contribution in [2.75, 3.05) is 31.1 Å². The van der Waals surface area contributed by atoms with Crippen molar-refractivity contribution < 1.29 is 23.1 Å². The second-order valence-corrected chi connectivity index (χ2v) is 8.54. The van der Waals surface area contributed by atoms with E-state index in [1.165, 1.54) is 9.80 Å². The highest BCUT2D eigenvalue weighted by atomic mass is 32.2. The zero-order chi connectivity index (χ0) is 16.3. The summed E-state index contributed by atoms with van der Waals surface area (Å²) in [6.45, 7) is 6.17. The van der Waals surface area contributed by atoms with E-state index < -0.39 is 21.3 Å². The van der Waals surface area contributed by atoms with Gasteiger partial charge in [0.15, 0.2) is 9.84 Å². The second-order valence-electron chi connectivity index (χ2n) is 6.24. The van der Waals surface area contributed by atoms with Crippen molar-refractivity contribution in [2.24, 2.45) is 0 Å². The number of carbonyl (C=O) groups excluding carboxylic acids is 1. The molecule has 1 aliphatic rings. The fourth-order valence-electron chi connectivity index (χ4n) is 2.23. The first kappa shape index (κ1) is 17.7. The number of urea groups is 1. The number of nitrogens with zero attached hydrogens (tertiary/aromatic N) is 2. The van der Waals surface area contributed by atoms with Gasteiger partial charge in [-0.05, 0) is 27.2 Å². The summed E-state index contributed by atoms with van der Waals surface area (Å²) in [6, 6.07) is -0.291. The van der Waals surface area contributed by atoms with E-state index in [1.807, 2.05) is 20.8 Å². The molecule has 8 heteroatoms. The van der Waals surface area contributed by atoms with Crippen LogP contribution in [0.15, 0.2) is 0 Å². The molecule has 0 aromatic heterocycles. The molecule has 122 valence electrons. The molecule has 1 saturated heterocycles. The number of hydrogen-bond donors (Lipinski definition) is 1. The minimum atomic E-state index is -3.08. The third-order valence-electron chi connectivity index (χ3n) is 3.42. The van der Waals surface area contributed by atoms with Crippen LogP contribution in [0.4, 0.5) is 4.79 Å². The first-order valence-corrected chi connectivity index (χ1v) is 8.84. The van der Waals surface area contributed by atoms with Gasteiger partial charge in [-0.15, -0.1) is 0 Å². The Kier molecular flexibility index (Phi) is 5.61. The van der Waals surface area contributed by atoms with Crippen LogP contribution in [-0.2, 0) is 14.6 Å². The maximum atomic E-state index is 12.6. The number of hydrogen-bond acceptors (Lipinski definition) is 4. The van der Waals surface area contributed by atoms with Gasteiger partial charge in [-0.2, -0.15) is 0 Å². The third-order valence-corrected chi connectivity index (χ3v) is 5.13. The van der Waals surface area contributed by atoms with E-state index in [4.69, 9.17) is 5.11 Å². The van der Waals surface area contributed by atoms with E-state index in [-0.39, 0.29) is 37.0 Å².